The van der Waals surface area contributed by atoms with Gasteiger partial charge >= 0.3 is 5.97 Å². The molecule has 4 nitrogen and oxygen atoms in total. The van der Waals surface area contributed by atoms with Gasteiger partial charge in [0, 0.05) is 6.42 Å². The van der Waals surface area contributed by atoms with Crippen LogP contribution in [0.25, 0.3) is 0 Å². The number of aliphatic hydroxyl groups is 2. The lowest BCUT2D eigenvalue weighted by atomic mass is 9.53. The van der Waals surface area contributed by atoms with E-state index in [4.69, 9.17) is 5.11 Å². The van der Waals surface area contributed by atoms with E-state index in [9.17, 15) is 15.0 Å². The van der Waals surface area contributed by atoms with Crippen molar-refractivity contribution in [3.63, 3.8) is 0 Å². The van der Waals surface area contributed by atoms with E-state index in [0.717, 1.165) is 38.5 Å². The highest BCUT2D eigenvalue weighted by Gasteiger charge is 2.56. The minimum Gasteiger partial charge on any atom is -0.481 e. The van der Waals surface area contributed by atoms with Crippen molar-refractivity contribution in [2.45, 2.75) is 104 Å². The molecule has 3 N–H and O–H groups in total. The van der Waals surface area contributed by atoms with E-state index < -0.39 is 5.97 Å². The predicted octanol–water partition coefficient (Wildman–Crippen LogP) is 4.87. The molecule has 3 aliphatic rings. The number of carbonyl (C=O) groups is 1. The van der Waals surface area contributed by atoms with Crippen molar-refractivity contribution < 1.29 is 20.1 Å². The Morgan fingerprint density at radius 1 is 1.07 bits per heavy atom. The molecular formula is C24H42O4. The van der Waals surface area contributed by atoms with Crippen molar-refractivity contribution in [1.82, 2.24) is 0 Å². The van der Waals surface area contributed by atoms with E-state index in [1.54, 1.807) is 0 Å². The molecule has 0 aromatic carbocycles. The SMILES string of the molecule is CC(CCC(=O)O)[C@H]1CC[C@H]2[C@H]3[C@H](CC[C@]12C)[C@@H](C)CC[C@@H](O)CCC[C@H]3O. The highest BCUT2D eigenvalue weighted by Crippen LogP contribution is 2.63. The highest BCUT2D eigenvalue weighted by molar-refractivity contribution is 5.66. The van der Waals surface area contributed by atoms with Crippen LogP contribution in [0.5, 0.6) is 0 Å². The minimum absolute atomic E-state index is 0.203. The molecule has 1 unspecified atom stereocenters. The number of hydrogen-bond donors (Lipinski definition) is 3. The fraction of sp³-hybridized carbons (Fsp3) is 0.958. The van der Waals surface area contributed by atoms with E-state index >= 15 is 0 Å². The lowest BCUT2D eigenvalue weighted by molar-refractivity contribution is -0.137. The topological polar surface area (TPSA) is 77.8 Å². The molecule has 0 aliphatic heterocycles. The molecule has 0 aromatic heterocycles. The highest BCUT2D eigenvalue weighted by atomic mass is 16.4. The molecule has 3 aliphatic carbocycles. The average Bonchev–Trinajstić information content (AvgIpc) is 2.99. The third-order valence-electron chi connectivity index (χ3n) is 9.13. The molecule has 0 heterocycles. The molecule has 0 saturated heterocycles. The Morgan fingerprint density at radius 2 is 1.82 bits per heavy atom. The number of aliphatic hydroxyl groups excluding tert-OH is 2. The Balaban J connectivity index is 1.79. The predicted molar refractivity (Wildman–Crippen MR) is 111 cm³/mol. The summed E-state index contributed by atoms with van der Waals surface area (Å²) in [5.41, 5.74) is 0.240. The first-order chi connectivity index (χ1) is 13.2. The Kier molecular flexibility index (Phi) is 7.13. The van der Waals surface area contributed by atoms with Crippen LogP contribution in [0.1, 0.15) is 91.4 Å². The molecule has 0 aromatic rings. The summed E-state index contributed by atoms with van der Waals surface area (Å²) in [5, 5.41) is 30.5. The van der Waals surface area contributed by atoms with Crippen LogP contribution < -0.4 is 0 Å². The van der Waals surface area contributed by atoms with Gasteiger partial charge in [-0.1, -0.05) is 20.8 Å². The summed E-state index contributed by atoms with van der Waals surface area (Å²) >= 11 is 0. The van der Waals surface area contributed by atoms with Gasteiger partial charge in [0.15, 0.2) is 0 Å². The van der Waals surface area contributed by atoms with Gasteiger partial charge in [-0.25, -0.2) is 0 Å². The minimum atomic E-state index is -0.686. The maximum absolute atomic E-state index is 11.2. The average molecular weight is 395 g/mol. The molecule has 0 radical (unpaired) electrons. The summed E-state index contributed by atoms with van der Waals surface area (Å²) in [6.45, 7) is 7.03. The largest absolute Gasteiger partial charge is 0.481 e. The van der Waals surface area contributed by atoms with Crippen LogP contribution in [-0.4, -0.2) is 33.5 Å². The maximum atomic E-state index is 11.2. The normalized spacial score (nSPS) is 45.7. The molecule has 0 amide bonds. The first kappa shape index (κ1) is 22.1. The smallest absolute Gasteiger partial charge is 0.303 e. The van der Waals surface area contributed by atoms with Crippen molar-refractivity contribution in [2.75, 3.05) is 0 Å². The van der Waals surface area contributed by atoms with Gasteiger partial charge in [0.2, 0.25) is 0 Å². The number of carboxylic acids is 1. The van der Waals surface area contributed by atoms with Gasteiger partial charge in [-0.05, 0) is 105 Å². The van der Waals surface area contributed by atoms with Crippen LogP contribution in [0.4, 0.5) is 0 Å². The molecule has 28 heavy (non-hydrogen) atoms. The molecule has 3 rings (SSSR count). The third-order valence-corrected chi connectivity index (χ3v) is 9.13. The standard InChI is InChI=1S/C24H42O4/c1-15-7-9-17(25)5-4-6-21(26)23-18(15)13-14-24(3)19(10-11-20(23)24)16(2)8-12-22(27)28/h15-21,23,25-26H,4-14H2,1-3H3,(H,27,28)/t15-,16?,17-,18+,19+,20-,21+,23+,24+/m0/s1. The number of aliphatic carboxylic acids is 1. The van der Waals surface area contributed by atoms with Gasteiger partial charge in [0.1, 0.15) is 0 Å². The summed E-state index contributed by atoms with van der Waals surface area (Å²) in [4.78, 5) is 11.1. The second kappa shape index (κ2) is 9.04. The molecule has 162 valence electrons. The van der Waals surface area contributed by atoms with Crippen molar-refractivity contribution >= 4 is 5.97 Å². The van der Waals surface area contributed by atoms with Crippen molar-refractivity contribution in [1.29, 1.82) is 0 Å². The Labute approximate surface area is 171 Å². The number of hydrogen-bond acceptors (Lipinski definition) is 3. The van der Waals surface area contributed by atoms with Crippen LogP contribution in [0.2, 0.25) is 0 Å². The van der Waals surface area contributed by atoms with Gasteiger partial charge in [-0.15, -0.1) is 0 Å². The van der Waals surface area contributed by atoms with E-state index in [2.05, 4.69) is 20.8 Å². The van der Waals surface area contributed by atoms with E-state index in [-0.39, 0.29) is 24.0 Å². The second-order valence-corrected chi connectivity index (χ2v) is 10.7. The summed E-state index contributed by atoms with van der Waals surface area (Å²) < 4.78 is 0. The van der Waals surface area contributed by atoms with Gasteiger partial charge in [-0.3, -0.25) is 4.79 Å². The van der Waals surface area contributed by atoms with Gasteiger partial charge in [0.25, 0.3) is 0 Å². The molecular weight excluding hydrogens is 352 g/mol. The first-order valence-corrected chi connectivity index (χ1v) is 11.8. The maximum Gasteiger partial charge on any atom is 0.303 e. The van der Waals surface area contributed by atoms with Crippen LogP contribution in [0.15, 0.2) is 0 Å². The molecule has 4 heteroatoms. The fourth-order valence-electron chi connectivity index (χ4n) is 7.54. The second-order valence-electron chi connectivity index (χ2n) is 10.7. The van der Waals surface area contributed by atoms with Crippen LogP contribution in [0.3, 0.4) is 0 Å². The van der Waals surface area contributed by atoms with Gasteiger partial charge in [-0.2, -0.15) is 0 Å². The third kappa shape index (κ3) is 4.43. The Morgan fingerprint density at radius 3 is 2.54 bits per heavy atom. The van der Waals surface area contributed by atoms with Crippen molar-refractivity contribution in [3.05, 3.63) is 0 Å². The number of fused-ring (bicyclic) bond motifs is 3. The fourth-order valence-corrected chi connectivity index (χ4v) is 7.54. The zero-order valence-electron chi connectivity index (χ0n) is 18.1. The monoisotopic (exact) mass is 394 g/mol. The molecule has 3 fully saturated rings. The quantitative estimate of drug-likeness (QED) is 0.636. The molecule has 9 atom stereocenters. The van der Waals surface area contributed by atoms with E-state index in [1.807, 2.05) is 0 Å². The Hall–Kier alpha value is -0.610. The summed E-state index contributed by atoms with van der Waals surface area (Å²) in [7, 11) is 0. The van der Waals surface area contributed by atoms with Gasteiger partial charge in [0.05, 0.1) is 12.2 Å². The van der Waals surface area contributed by atoms with Crippen LogP contribution in [-0.2, 0) is 4.79 Å². The number of carboxylic acid groups (broad SMARTS) is 1. The first-order valence-electron chi connectivity index (χ1n) is 11.8. The van der Waals surface area contributed by atoms with Crippen LogP contribution >= 0.6 is 0 Å². The van der Waals surface area contributed by atoms with Crippen molar-refractivity contribution in [2.24, 2.45) is 40.9 Å². The lowest BCUT2D eigenvalue weighted by Gasteiger charge is -2.53. The van der Waals surface area contributed by atoms with Crippen molar-refractivity contribution in [3.8, 4) is 0 Å². The lowest BCUT2D eigenvalue weighted by Crippen LogP contribution is -2.49. The number of rotatable bonds is 4. The summed E-state index contributed by atoms with van der Waals surface area (Å²) in [6, 6.07) is 0. The van der Waals surface area contributed by atoms with E-state index in [0.29, 0.717) is 35.5 Å². The van der Waals surface area contributed by atoms with Gasteiger partial charge < -0.3 is 15.3 Å². The van der Waals surface area contributed by atoms with Crippen LogP contribution in [0, 0.1) is 40.9 Å². The molecule has 0 spiro atoms. The van der Waals surface area contributed by atoms with E-state index in [1.165, 1.54) is 25.7 Å². The summed E-state index contributed by atoms with van der Waals surface area (Å²) in [5.74, 6) is 2.39. The zero-order valence-corrected chi connectivity index (χ0v) is 18.1. The molecule has 0 bridgehead atoms. The Bertz CT molecular complexity index is 535. The zero-order chi connectivity index (χ0) is 20.5. The summed E-state index contributed by atoms with van der Waals surface area (Å²) in [6.07, 6.45) is 9.86. The molecule has 3 saturated carbocycles.